The number of halogens is 1. The van der Waals surface area contributed by atoms with Crippen molar-refractivity contribution in [2.45, 2.75) is 38.9 Å². The molecule has 4 nitrogen and oxygen atoms in total. The highest BCUT2D eigenvalue weighted by Gasteiger charge is 2.54. The molecule has 0 atom stereocenters. The molecule has 0 spiro atoms. The minimum Gasteiger partial charge on any atom is -0.478 e. The fourth-order valence-corrected chi connectivity index (χ4v) is 2.03. The molecule has 0 amide bonds. The summed E-state index contributed by atoms with van der Waals surface area (Å²) in [5.41, 5.74) is -2.54. The summed E-state index contributed by atoms with van der Waals surface area (Å²) in [5.74, 6) is -1.35. The summed E-state index contributed by atoms with van der Waals surface area (Å²) in [6.07, 6.45) is 0. The molecule has 21 heavy (non-hydrogen) atoms. The molecule has 1 saturated heterocycles. The molecule has 0 aliphatic carbocycles. The van der Waals surface area contributed by atoms with Crippen molar-refractivity contribution in [2.24, 2.45) is 0 Å². The second-order valence-electron chi connectivity index (χ2n) is 5.98. The van der Waals surface area contributed by atoms with Crippen molar-refractivity contribution in [1.82, 2.24) is 0 Å². The molecule has 0 unspecified atom stereocenters. The van der Waals surface area contributed by atoms with Crippen LogP contribution in [-0.4, -0.2) is 29.4 Å². The number of aliphatic carboxylic acids is 1. The van der Waals surface area contributed by atoms with Crippen molar-refractivity contribution in [3.8, 4) is 0 Å². The van der Waals surface area contributed by atoms with E-state index in [1.54, 1.807) is 45.9 Å². The van der Waals surface area contributed by atoms with Crippen LogP contribution in [0.25, 0.3) is 5.57 Å². The molecule has 1 aromatic carbocycles. The summed E-state index contributed by atoms with van der Waals surface area (Å²) in [5, 5.41) is 9.31. The first-order chi connectivity index (χ1) is 9.66. The monoisotopic (exact) mass is 292 g/mol. The van der Waals surface area contributed by atoms with Crippen LogP contribution in [0.1, 0.15) is 33.3 Å². The fraction of sp³-hybridized carbons (Fsp3) is 0.400. The zero-order valence-corrected chi connectivity index (χ0v) is 12.5. The van der Waals surface area contributed by atoms with Gasteiger partial charge in [0.2, 0.25) is 0 Å². The minimum atomic E-state index is -1.35. The molecule has 0 aromatic heterocycles. The third-order valence-corrected chi connectivity index (χ3v) is 3.98. The Kier molecular flexibility index (Phi) is 3.95. The molecule has 0 radical (unpaired) electrons. The van der Waals surface area contributed by atoms with Gasteiger partial charge in [0.05, 0.1) is 16.8 Å². The maximum Gasteiger partial charge on any atom is 0.526 e. The van der Waals surface area contributed by atoms with Gasteiger partial charge in [0.1, 0.15) is 5.73 Å². The number of carboxylic acid groups (broad SMARTS) is 1. The minimum absolute atomic E-state index is 0.275. The van der Waals surface area contributed by atoms with Gasteiger partial charge in [-0.05, 0) is 33.3 Å². The van der Waals surface area contributed by atoms with E-state index in [4.69, 9.17) is 9.31 Å². The third-order valence-electron chi connectivity index (χ3n) is 3.98. The average molecular weight is 292 g/mol. The maximum absolute atomic E-state index is 14.6. The number of carboxylic acids is 1. The molecule has 1 aliphatic heterocycles. The van der Waals surface area contributed by atoms with Gasteiger partial charge in [-0.2, -0.15) is 0 Å². The van der Waals surface area contributed by atoms with Crippen molar-refractivity contribution >= 4 is 18.7 Å². The zero-order valence-electron chi connectivity index (χ0n) is 12.5. The van der Waals surface area contributed by atoms with Gasteiger partial charge in [0, 0.05) is 0 Å². The Labute approximate surface area is 123 Å². The fourth-order valence-electron chi connectivity index (χ4n) is 2.03. The highest BCUT2D eigenvalue weighted by Crippen LogP contribution is 2.40. The van der Waals surface area contributed by atoms with E-state index in [-0.39, 0.29) is 5.56 Å². The van der Waals surface area contributed by atoms with E-state index in [1.807, 2.05) is 0 Å². The van der Waals surface area contributed by atoms with Crippen LogP contribution in [0.4, 0.5) is 4.39 Å². The predicted molar refractivity (Wildman–Crippen MR) is 78.2 cm³/mol. The van der Waals surface area contributed by atoms with Gasteiger partial charge in [-0.15, -0.1) is 0 Å². The Morgan fingerprint density at radius 2 is 1.57 bits per heavy atom. The van der Waals surface area contributed by atoms with Crippen molar-refractivity contribution in [3.63, 3.8) is 0 Å². The molecule has 112 valence electrons. The van der Waals surface area contributed by atoms with E-state index >= 15 is 0 Å². The van der Waals surface area contributed by atoms with Gasteiger partial charge < -0.3 is 14.4 Å². The van der Waals surface area contributed by atoms with E-state index < -0.39 is 35.6 Å². The lowest BCUT2D eigenvalue weighted by atomic mass is 9.82. The van der Waals surface area contributed by atoms with Gasteiger partial charge in [-0.3, -0.25) is 0 Å². The van der Waals surface area contributed by atoms with Gasteiger partial charge in [0.15, 0.2) is 0 Å². The van der Waals surface area contributed by atoms with Crippen LogP contribution in [0, 0.1) is 0 Å². The van der Waals surface area contributed by atoms with Gasteiger partial charge >= 0.3 is 13.1 Å². The Morgan fingerprint density at radius 3 is 2.00 bits per heavy atom. The van der Waals surface area contributed by atoms with Crippen molar-refractivity contribution < 1.29 is 23.6 Å². The average Bonchev–Trinajstić information content (AvgIpc) is 2.59. The van der Waals surface area contributed by atoms with E-state index in [2.05, 4.69) is 0 Å². The summed E-state index contributed by atoms with van der Waals surface area (Å²) in [7, 11) is -1.32. The molecule has 0 bridgehead atoms. The number of carbonyl (C=O) groups is 1. The summed E-state index contributed by atoms with van der Waals surface area (Å²) in [6, 6.07) is 8.10. The Hall–Kier alpha value is -1.66. The topological polar surface area (TPSA) is 55.8 Å². The molecule has 1 aliphatic rings. The SMILES string of the molecule is CC1(C)OB(C(F)=C(C(=O)O)c2ccccc2)OC1(C)C. The van der Waals surface area contributed by atoms with Crippen LogP contribution in [0.15, 0.2) is 36.1 Å². The molecule has 1 heterocycles. The first kappa shape index (κ1) is 15.7. The highest BCUT2D eigenvalue weighted by atomic mass is 19.1. The summed E-state index contributed by atoms with van der Waals surface area (Å²) in [4.78, 5) is 11.4. The van der Waals surface area contributed by atoms with Crippen LogP contribution >= 0.6 is 0 Å². The van der Waals surface area contributed by atoms with Crippen LogP contribution in [0.2, 0.25) is 0 Å². The molecular weight excluding hydrogens is 274 g/mol. The normalized spacial score (nSPS) is 21.1. The lowest BCUT2D eigenvalue weighted by molar-refractivity contribution is -0.130. The zero-order chi connectivity index (χ0) is 15.8. The van der Waals surface area contributed by atoms with Crippen molar-refractivity contribution in [1.29, 1.82) is 0 Å². The standard InChI is InChI=1S/C15H18BFO4/c1-14(2)15(3,4)21-16(20-14)12(17)11(13(18)19)10-8-6-5-7-9-10/h5-9H,1-4H3,(H,18,19). The first-order valence-corrected chi connectivity index (χ1v) is 6.70. The third kappa shape index (κ3) is 2.87. The van der Waals surface area contributed by atoms with Crippen molar-refractivity contribution in [3.05, 3.63) is 41.6 Å². The second kappa shape index (κ2) is 5.28. The van der Waals surface area contributed by atoms with Gasteiger partial charge in [0.25, 0.3) is 0 Å². The predicted octanol–water partition coefficient (Wildman–Crippen LogP) is 3.08. The van der Waals surface area contributed by atoms with Gasteiger partial charge in [-0.25, -0.2) is 9.18 Å². The smallest absolute Gasteiger partial charge is 0.478 e. The van der Waals surface area contributed by atoms with E-state index in [0.717, 1.165) is 0 Å². The van der Waals surface area contributed by atoms with E-state index in [1.165, 1.54) is 12.1 Å². The summed E-state index contributed by atoms with van der Waals surface area (Å²) < 4.78 is 25.8. The Balaban J connectivity index is 2.44. The summed E-state index contributed by atoms with van der Waals surface area (Å²) >= 11 is 0. The Bertz CT molecular complexity index is 565. The van der Waals surface area contributed by atoms with E-state index in [0.29, 0.717) is 0 Å². The number of rotatable bonds is 3. The molecule has 0 saturated carbocycles. The molecule has 6 heteroatoms. The van der Waals surface area contributed by atoms with Gasteiger partial charge in [-0.1, -0.05) is 30.3 Å². The molecule has 2 rings (SSSR count). The quantitative estimate of drug-likeness (QED) is 0.687. The highest BCUT2D eigenvalue weighted by molar-refractivity contribution is 6.57. The van der Waals surface area contributed by atoms with Crippen molar-refractivity contribution in [2.75, 3.05) is 0 Å². The largest absolute Gasteiger partial charge is 0.526 e. The van der Waals surface area contributed by atoms with Crippen LogP contribution in [-0.2, 0) is 14.1 Å². The van der Waals surface area contributed by atoms with Crippen LogP contribution < -0.4 is 0 Å². The lowest BCUT2D eigenvalue weighted by Crippen LogP contribution is -2.41. The lowest BCUT2D eigenvalue weighted by Gasteiger charge is -2.32. The first-order valence-electron chi connectivity index (χ1n) is 6.70. The van der Waals surface area contributed by atoms with E-state index in [9.17, 15) is 14.3 Å². The van der Waals surface area contributed by atoms with Crippen LogP contribution in [0.5, 0.6) is 0 Å². The molecule has 1 aromatic rings. The van der Waals surface area contributed by atoms with Crippen LogP contribution in [0.3, 0.4) is 0 Å². The molecule has 1 fully saturated rings. The molecular formula is C15H18BFO4. The Morgan fingerprint density at radius 1 is 1.10 bits per heavy atom. The number of hydrogen-bond donors (Lipinski definition) is 1. The maximum atomic E-state index is 14.6. The number of benzene rings is 1. The second-order valence-corrected chi connectivity index (χ2v) is 5.98. The number of hydrogen-bond acceptors (Lipinski definition) is 3. The molecule has 1 N–H and O–H groups in total. The summed E-state index contributed by atoms with van der Waals surface area (Å²) in [6.45, 7) is 7.12.